The van der Waals surface area contributed by atoms with Gasteiger partial charge in [0.15, 0.2) is 5.69 Å². The van der Waals surface area contributed by atoms with Crippen LogP contribution in [0.2, 0.25) is 0 Å². The summed E-state index contributed by atoms with van der Waals surface area (Å²) in [5.41, 5.74) is 4.70. The van der Waals surface area contributed by atoms with Gasteiger partial charge in [-0.05, 0) is 19.1 Å². The number of imidazole rings is 1. The Bertz CT molecular complexity index is 910. The molecule has 0 atom stereocenters. The van der Waals surface area contributed by atoms with E-state index in [1.807, 2.05) is 18.2 Å². The molecule has 0 bridgehead atoms. The zero-order valence-electron chi connectivity index (χ0n) is 14.3. The molecule has 7 nitrogen and oxygen atoms in total. The minimum absolute atomic E-state index is 0.125. The molecule has 25 heavy (non-hydrogen) atoms. The molecule has 7 heteroatoms. The second kappa shape index (κ2) is 6.68. The molecule has 1 amide bonds. The number of para-hydroxylation sites is 2. The highest BCUT2D eigenvalue weighted by Gasteiger charge is 2.21. The molecule has 0 saturated heterocycles. The van der Waals surface area contributed by atoms with Crippen LogP contribution < -0.4 is 10.6 Å². The van der Waals surface area contributed by atoms with E-state index in [1.54, 1.807) is 0 Å². The Labute approximate surface area is 145 Å². The van der Waals surface area contributed by atoms with Crippen LogP contribution in [0, 0.1) is 0 Å². The second-order valence-electron chi connectivity index (χ2n) is 6.22. The number of benzene rings is 1. The zero-order chi connectivity index (χ0) is 17.2. The van der Waals surface area contributed by atoms with Crippen molar-refractivity contribution in [1.29, 1.82) is 0 Å². The maximum absolute atomic E-state index is 12.4. The average Bonchev–Trinajstić information content (AvgIpc) is 3.22. The molecule has 0 spiro atoms. The Balaban J connectivity index is 1.44. The summed E-state index contributed by atoms with van der Waals surface area (Å²) in [6.07, 6.45) is 1.58. The van der Waals surface area contributed by atoms with Crippen molar-refractivity contribution < 1.29 is 4.79 Å². The van der Waals surface area contributed by atoms with E-state index in [4.69, 9.17) is 4.98 Å². The van der Waals surface area contributed by atoms with Gasteiger partial charge in [-0.15, -0.1) is 0 Å². The summed E-state index contributed by atoms with van der Waals surface area (Å²) in [5, 5.41) is 13.4. The smallest absolute Gasteiger partial charge is 0.272 e. The van der Waals surface area contributed by atoms with E-state index in [0.29, 0.717) is 25.2 Å². The maximum atomic E-state index is 12.4. The lowest BCUT2D eigenvalue weighted by Gasteiger charge is -2.13. The van der Waals surface area contributed by atoms with Gasteiger partial charge in [0, 0.05) is 50.3 Å². The second-order valence-corrected chi connectivity index (χ2v) is 6.22. The summed E-state index contributed by atoms with van der Waals surface area (Å²) in [5.74, 6) is 0.870. The highest BCUT2D eigenvalue weighted by molar-refractivity contribution is 5.94. The molecule has 0 radical (unpaired) electrons. The van der Waals surface area contributed by atoms with Crippen LogP contribution in [0.25, 0.3) is 11.0 Å². The van der Waals surface area contributed by atoms with Gasteiger partial charge in [-0.1, -0.05) is 12.1 Å². The SMILES string of the molecule is CCn1c(CCNC(=O)c2n[nH]c3c2CNCC3)nc2ccccc21. The highest BCUT2D eigenvalue weighted by atomic mass is 16.1. The van der Waals surface area contributed by atoms with E-state index in [2.05, 4.69) is 38.4 Å². The highest BCUT2D eigenvalue weighted by Crippen LogP contribution is 2.17. The topological polar surface area (TPSA) is 87.6 Å². The van der Waals surface area contributed by atoms with E-state index >= 15 is 0 Å². The van der Waals surface area contributed by atoms with Gasteiger partial charge in [0.2, 0.25) is 0 Å². The van der Waals surface area contributed by atoms with Crippen LogP contribution in [0.1, 0.15) is 34.5 Å². The number of hydrogen-bond donors (Lipinski definition) is 3. The molecule has 1 aromatic carbocycles. The first-order valence-electron chi connectivity index (χ1n) is 8.77. The van der Waals surface area contributed by atoms with Crippen LogP contribution in [0.5, 0.6) is 0 Å². The quantitative estimate of drug-likeness (QED) is 0.656. The van der Waals surface area contributed by atoms with Crippen LogP contribution in [0.15, 0.2) is 24.3 Å². The summed E-state index contributed by atoms with van der Waals surface area (Å²) in [4.78, 5) is 17.1. The number of fused-ring (bicyclic) bond motifs is 2. The van der Waals surface area contributed by atoms with Crippen molar-refractivity contribution in [2.45, 2.75) is 32.9 Å². The standard InChI is InChI=1S/C18H22N6O/c1-2-24-15-6-4-3-5-14(15)21-16(24)8-10-20-18(25)17-12-11-19-9-7-13(12)22-23-17/h3-6,19H,2,7-11H2,1H3,(H,20,25)(H,22,23). The minimum Gasteiger partial charge on any atom is -0.350 e. The fraction of sp³-hybridized carbons (Fsp3) is 0.389. The van der Waals surface area contributed by atoms with Gasteiger partial charge in [0.1, 0.15) is 5.82 Å². The van der Waals surface area contributed by atoms with Gasteiger partial charge in [-0.25, -0.2) is 4.98 Å². The Kier molecular flexibility index (Phi) is 4.23. The molecular formula is C18H22N6O. The Hall–Kier alpha value is -2.67. The molecule has 0 saturated carbocycles. The van der Waals surface area contributed by atoms with Crippen molar-refractivity contribution in [3.8, 4) is 0 Å². The third-order valence-corrected chi connectivity index (χ3v) is 4.71. The predicted molar refractivity (Wildman–Crippen MR) is 95.4 cm³/mol. The van der Waals surface area contributed by atoms with Crippen molar-refractivity contribution in [3.63, 3.8) is 0 Å². The molecule has 1 aliphatic heterocycles. The number of aromatic nitrogens is 4. The molecule has 0 fully saturated rings. The normalized spacial score (nSPS) is 13.8. The number of amides is 1. The number of aryl methyl sites for hydroxylation is 1. The van der Waals surface area contributed by atoms with Crippen LogP contribution in [-0.2, 0) is 25.9 Å². The first-order chi connectivity index (χ1) is 12.3. The van der Waals surface area contributed by atoms with Crippen LogP contribution in [0.3, 0.4) is 0 Å². The van der Waals surface area contributed by atoms with Gasteiger partial charge < -0.3 is 15.2 Å². The molecule has 3 heterocycles. The maximum Gasteiger partial charge on any atom is 0.272 e. The van der Waals surface area contributed by atoms with Crippen LogP contribution in [0.4, 0.5) is 0 Å². The molecule has 3 aromatic rings. The molecular weight excluding hydrogens is 316 g/mol. The van der Waals surface area contributed by atoms with Crippen LogP contribution >= 0.6 is 0 Å². The number of carbonyl (C=O) groups is 1. The van der Waals surface area contributed by atoms with E-state index in [-0.39, 0.29) is 5.91 Å². The summed E-state index contributed by atoms with van der Waals surface area (Å²) in [6, 6.07) is 8.12. The molecule has 0 aliphatic carbocycles. The average molecular weight is 338 g/mol. The van der Waals surface area contributed by atoms with Gasteiger partial charge in [-0.3, -0.25) is 9.89 Å². The molecule has 0 unspecified atom stereocenters. The number of nitrogens with zero attached hydrogens (tertiary/aromatic N) is 3. The van der Waals surface area contributed by atoms with Gasteiger partial charge in [0.05, 0.1) is 11.0 Å². The summed E-state index contributed by atoms with van der Waals surface area (Å²) in [6.45, 7) is 5.13. The fourth-order valence-electron chi connectivity index (χ4n) is 3.45. The third kappa shape index (κ3) is 2.91. The number of nitrogens with one attached hydrogen (secondary N) is 3. The lowest BCUT2D eigenvalue weighted by molar-refractivity contribution is 0.0947. The molecule has 3 N–H and O–H groups in total. The third-order valence-electron chi connectivity index (χ3n) is 4.71. The van der Waals surface area contributed by atoms with Crippen molar-refractivity contribution in [2.75, 3.05) is 13.1 Å². The Morgan fingerprint density at radius 2 is 2.24 bits per heavy atom. The summed E-state index contributed by atoms with van der Waals surface area (Å²) >= 11 is 0. The van der Waals surface area contributed by atoms with E-state index in [9.17, 15) is 4.79 Å². The van der Waals surface area contributed by atoms with E-state index in [0.717, 1.165) is 47.6 Å². The molecule has 130 valence electrons. The van der Waals surface area contributed by atoms with Crippen molar-refractivity contribution in [2.24, 2.45) is 0 Å². The zero-order valence-corrected chi connectivity index (χ0v) is 14.3. The van der Waals surface area contributed by atoms with Gasteiger partial charge in [-0.2, -0.15) is 5.10 Å². The number of aromatic amines is 1. The monoisotopic (exact) mass is 338 g/mol. The van der Waals surface area contributed by atoms with Gasteiger partial charge in [0.25, 0.3) is 5.91 Å². The molecule has 1 aliphatic rings. The number of rotatable bonds is 5. The van der Waals surface area contributed by atoms with Crippen molar-refractivity contribution in [3.05, 3.63) is 47.0 Å². The Morgan fingerprint density at radius 1 is 1.36 bits per heavy atom. The summed E-state index contributed by atoms with van der Waals surface area (Å²) in [7, 11) is 0. The summed E-state index contributed by atoms with van der Waals surface area (Å²) < 4.78 is 2.20. The first kappa shape index (κ1) is 15.8. The number of H-pyrrole nitrogens is 1. The Morgan fingerprint density at radius 3 is 3.12 bits per heavy atom. The number of carbonyl (C=O) groups excluding carboxylic acids is 1. The van der Waals surface area contributed by atoms with Crippen LogP contribution in [-0.4, -0.2) is 38.7 Å². The lowest BCUT2D eigenvalue weighted by atomic mass is 10.1. The largest absolute Gasteiger partial charge is 0.350 e. The predicted octanol–water partition coefficient (Wildman–Crippen LogP) is 1.40. The number of hydrogen-bond acceptors (Lipinski definition) is 4. The van der Waals surface area contributed by atoms with E-state index < -0.39 is 0 Å². The molecule has 2 aromatic heterocycles. The minimum atomic E-state index is -0.125. The lowest BCUT2D eigenvalue weighted by Crippen LogP contribution is -2.30. The molecule has 4 rings (SSSR count). The van der Waals surface area contributed by atoms with Crippen molar-refractivity contribution >= 4 is 16.9 Å². The van der Waals surface area contributed by atoms with E-state index in [1.165, 1.54) is 0 Å². The van der Waals surface area contributed by atoms with Gasteiger partial charge >= 0.3 is 0 Å². The fourth-order valence-corrected chi connectivity index (χ4v) is 3.45. The first-order valence-corrected chi connectivity index (χ1v) is 8.77. The van der Waals surface area contributed by atoms with Crippen molar-refractivity contribution in [1.82, 2.24) is 30.4 Å².